The second-order valence-electron chi connectivity index (χ2n) is 14.6. The smallest absolute Gasteiger partial charge is 0.0540 e. The third-order valence-corrected chi connectivity index (χ3v) is 11.2. The van der Waals surface area contributed by atoms with Crippen molar-refractivity contribution in [2.45, 2.75) is 19.3 Å². The van der Waals surface area contributed by atoms with Gasteiger partial charge in [0.05, 0.1) is 5.69 Å². The predicted molar refractivity (Wildman–Crippen MR) is 222 cm³/mol. The van der Waals surface area contributed by atoms with Crippen LogP contribution in [0.5, 0.6) is 0 Å². The van der Waals surface area contributed by atoms with Crippen LogP contribution in [0.2, 0.25) is 0 Å². The first-order valence-electron chi connectivity index (χ1n) is 18.2. The zero-order valence-corrected chi connectivity index (χ0v) is 29.3. The highest BCUT2D eigenvalue weighted by molar-refractivity contribution is 6.08. The van der Waals surface area contributed by atoms with Crippen LogP contribution in [0.4, 0.5) is 17.1 Å². The fourth-order valence-electron chi connectivity index (χ4n) is 8.58. The van der Waals surface area contributed by atoms with E-state index in [0.29, 0.717) is 0 Å². The minimum atomic E-state index is -0.0980. The van der Waals surface area contributed by atoms with Gasteiger partial charge in [-0.05, 0) is 108 Å². The Balaban J connectivity index is 1.14. The Kier molecular flexibility index (Phi) is 6.91. The molecule has 0 N–H and O–H groups in total. The van der Waals surface area contributed by atoms with Crippen LogP contribution in [0.3, 0.4) is 0 Å². The van der Waals surface area contributed by atoms with Gasteiger partial charge in [-0.3, -0.25) is 0 Å². The van der Waals surface area contributed by atoms with Gasteiger partial charge in [0, 0.05) is 22.2 Å². The van der Waals surface area contributed by atoms with Crippen molar-refractivity contribution in [3.8, 4) is 33.4 Å². The molecule has 0 amide bonds. The van der Waals surface area contributed by atoms with Crippen molar-refractivity contribution < 1.29 is 0 Å². The summed E-state index contributed by atoms with van der Waals surface area (Å²) in [6.07, 6.45) is 0. The molecule has 0 unspecified atom stereocenters. The molecule has 0 saturated carbocycles. The zero-order valence-electron chi connectivity index (χ0n) is 29.3. The first kappa shape index (κ1) is 30.4. The normalized spacial score (nSPS) is 13.0. The maximum Gasteiger partial charge on any atom is 0.0540 e. The Morgan fingerprint density at radius 3 is 1.77 bits per heavy atom. The van der Waals surface area contributed by atoms with Gasteiger partial charge in [-0.1, -0.05) is 166 Å². The van der Waals surface area contributed by atoms with Gasteiger partial charge in [-0.15, -0.1) is 0 Å². The lowest BCUT2D eigenvalue weighted by molar-refractivity contribution is 0.661. The number of hydrogen-bond acceptors (Lipinski definition) is 1. The Labute approximate surface area is 305 Å². The Bertz CT molecular complexity index is 2810. The van der Waals surface area contributed by atoms with Crippen LogP contribution in [0.25, 0.3) is 65.7 Å². The summed E-state index contributed by atoms with van der Waals surface area (Å²) in [7, 11) is 0. The summed E-state index contributed by atoms with van der Waals surface area (Å²) in [4.78, 5) is 2.42. The van der Waals surface area contributed by atoms with Gasteiger partial charge < -0.3 is 4.90 Å². The molecule has 0 radical (unpaired) electrons. The molecule has 0 saturated heterocycles. The molecule has 0 bridgehead atoms. The molecule has 1 aliphatic carbocycles. The molecule has 1 aliphatic rings. The van der Waals surface area contributed by atoms with Crippen LogP contribution < -0.4 is 4.90 Å². The van der Waals surface area contributed by atoms with Crippen LogP contribution in [0.1, 0.15) is 25.0 Å². The molecule has 0 heterocycles. The van der Waals surface area contributed by atoms with Crippen LogP contribution in [0, 0.1) is 0 Å². The van der Waals surface area contributed by atoms with Crippen molar-refractivity contribution in [2.75, 3.05) is 4.90 Å². The monoisotopic (exact) mass is 663 g/mol. The lowest BCUT2D eigenvalue weighted by Gasteiger charge is -2.28. The van der Waals surface area contributed by atoms with Gasteiger partial charge in [0.1, 0.15) is 0 Å². The predicted octanol–water partition coefficient (Wildman–Crippen LogP) is 14.3. The van der Waals surface area contributed by atoms with Gasteiger partial charge in [0.25, 0.3) is 0 Å². The Morgan fingerprint density at radius 1 is 0.365 bits per heavy atom. The maximum absolute atomic E-state index is 2.45. The van der Waals surface area contributed by atoms with Crippen LogP contribution in [-0.2, 0) is 5.41 Å². The third-order valence-electron chi connectivity index (χ3n) is 11.2. The maximum atomic E-state index is 2.45. The minimum absolute atomic E-state index is 0.0980. The SMILES string of the molecule is CC1(C)c2cc(-c3ccc(N(c4ccc(-c5ccccc5)cc4)c4ccc5ccccc5c4)c4ccccc34)ccc2-c2c1ccc1ccccc21. The first-order chi connectivity index (χ1) is 25.5. The molecule has 246 valence electrons. The summed E-state index contributed by atoms with van der Waals surface area (Å²) in [5, 5.41) is 7.54. The number of rotatable bonds is 5. The van der Waals surface area contributed by atoms with Crippen molar-refractivity contribution in [1.82, 2.24) is 0 Å². The van der Waals surface area contributed by atoms with E-state index in [0.717, 1.165) is 17.1 Å². The Hall–Kier alpha value is -6.44. The molecular formula is C51H37N. The summed E-state index contributed by atoms with van der Waals surface area (Å²) < 4.78 is 0. The van der Waals surface area contributed by atoms with E-state index < -0.39 is 0 Å². The van der Waals surface area contributed by atoms with E-state index in [-0.39, 0.29) is 5.41 Å². The van der Waals surface area contributed by atoms with Crippen molar-refractivity contribution in [3.05, 3.63) is 199 Å². The van der Waals surface area contributed by atoms with Crippen molar-refractivity contribution in [3.63, 3.8) is 0 Å². The molecular weight excluding hydrogens is 627 g/mol. The topological polar surface area (TPSA) is 3.24 Å². The number of anilines is 3. The van der Waals surface area contributed by atoms with Crippen LogP contribution in [-0.4, -0.2) is 0 Å². The molecule has 10 rings (SSSR count). The fraction of sp³-hybridized carbons (Fsp3) is 0.0588. The average Bonchev–Trinajstić information content (AvgIpc) is 3.44. The van der Waals surface area contributed by atoms with Gasteiger partial charge >= 0.3 is 0 Å². The van der Waals surface area contributed by atoms with E-state index in [1.165, 1.54) is 76.8 Å². The average molecular weight is 664 g/mol. The summed E-state index contributed by atoms with van der Waals surface area (Å²) in [6, 6.07) is 69.1. The Morgan fingerprint density at radius 2 is 0.962 bits per heavy atom. The molecule has 0 aromatic heterocycles. The minimum Gasteiger partial charge on any atom is -0.310 e. The van der Waals surface area contributed by atoms with Crippen molar-refractivity contribution in [1.29, 1.82) is 0 Å². The summed E-state index contributed by atoms with van der Waals surface area (Å²) in [6.45, 7) is 4.75. The van der Waals surface area contributed by atoms with E-state index in [2.05, 4.69) is 207 Å². The third kappa shape index (κ3) is 4.77. The van der Waals surface area contributed by atoms with Gasteiger partial charge in [0.15, 0.2) is 0 Å². The zero-order chi connectivity index (χ0) is 34.8. The molecule has 1 nitrogen and oxygen atoms in total. The van der Waals surface area contributed by atoms with E-state index in [1.54, 1.807) is 0 Å². The highest BCUT2D eigenvalue weighted by Gasteiger charge is 2.36. The summed E-state index contributed by atoms with van der Waals surface area (Å²) in [5.41, 5.74) is 13.8. The van der Waals surface area contributed by atoms with E-state index in [1.807, 2.05) is 0 Å². The van der Waals surface area contributed by atoms with E-state index in [9.17, 15) is 0 Å². The molecule has 9 aromatic rings. The van der Waals surface area contributed by atoms with E-state index in [4.69, 9.17) is 0 Å². The number of benzene rings is 9. The summed E-state index contributed by atoms with van der Waals surface area (Å²) in [5.74, 6) is 0. The van der Waals surface area contributed by atoms with Gasteiger partial charge in [-0.25, -0.2) is 0 Å². The molecule has 1 heteroatoms. The van der Waals surface area contributed by atoms with Gasteiger partial charge in [0.2, 0.25) is 0 Å². The highest BCUT2D eigenvalue weighted by atomic mass is 15.1. The fourth-order valence-corrected chi connectivity index (χ4v) is 8.58. The molecule has 0 atom stereocenters. The van der Waals surface area contributed by atoms with Crippen LogP contribution in [0.15, 0.2) is 188 Å². The molecule has 0 fully saturated rings. The van der Waals surface area contributed by atoms with Gasteiger partial charge in [-0.2, -0.15) is 0 Å². The van der Waals surface area contributed by atoms with E-state index >= 15 is 0 Å². The van der Waals surface area contributed by atoms with Crippen molar-refractivity contribution in [2.24, 2.45) is 0 Å². The number of fused-ring (bicyclic) bond motifs is 7. The molecule has 0 aliphatic heterocycles. The second-order valence-corrected chi connectivity index (χ2v) is 14.6. The summed E-state index contributed by atoms with van der Waals surface area (Å²) >= 11 is 0. The van der Waals surface area contributed by atoms with Crippen molar-refractivity contribution >= 4 is 49.4 Å². The molecule has 0 spiro atoms. The standard InChI is InChI=1S/C51H37N/c1-51(2)47-30-24-37-15-8-9-17-43(37)50(47)46-28-23-39(33-48(46)51)42-29-31-49(45-19-11-10-18-44(42)45)52(41-27-22-35-14-6-7-16-38(35)32-41)40-25-20-36(21-26-40)34-12-4-3-5-13-34/h3-33H,1-2H3. The highest BCUT2D eigenvalue weighted by Crippen LogP contribution is 2.52. The number of hydrogen-bond donors (Lipinski definition) is 0. The molecule has 52 heavy (non-hydrogen) atoms. The largest absolute Gasteiger partial charge is 0.310 e. The number of nitrogens with zero attached hydrogens (tertiary/aromatic N) is 1. The second kappa shape index (κ2) is 11.8. The quantitative estimate of drug-likeness (QED) is 0.177. The molecule has 9 aromatic carbocycles. The lowest BCUT2D eigenvalue weighted by atomic mass is 9.81. The lowest BCUT2D eigenvalue weighted by Crippen LogP contribution is -2.15. The first-order valence-corrected chi connectivity index (χ1v) is 18.2. The van der Waals surface area contributed by atoms with Crippen LogP contribution >= 0.6 is 0 Å².